The van der Waals surface area contributed by atoms with E-state index in [0.717, 1.165) is 5.56 Å². The molecule has 1 aromatic carbocycles. The Kier molecular flexibility index (Phi) is 2.83. The summed E-state index contributed by atoms with van der Waals surface area (Å²) in [5.41, 5.74) is 0.549. The van der Waals surface area contributed by atoms with Crippen LogP contribution in [0.15, 0.2) is 30.4 Å². The lowest BCUT2D eigenvalue weighted by molar-refractivity contribution is 0.137. The maximum absolute atomic E-state index is 10.0. The van der Waals surface area contributed by atoms with Crippen LogP contribution in [-0.2, 0) is 5.41 Å². The van der Waals surface area contributed by atoms with E-state index in [9.17, 15) is 5.11 Å². The maximum atomic E-state index is 10.0. The van der Waals surface area contributed by atoms with E-state index in [2.05, 4.69) is 0 Å². The number of likely N-dealkylation sites (N-methyl/N-ethyl adjacent to an activating group) is 1. The molecule has 0 bridgehead atoms. The van der Waals surface area contributed by atoms with Gasteiger partial charge in [0.2, 0.25) is 0 Å². The summed E-state index contributed by atoms with van der Waals surface area (Å²) in [7, 11) is 3.17. The SMILES string of the molecule is [2H]C([2H])([2H])N1CC[C@]2(c3ccc(OC)c(OC)c3)C=C[C@@H](O)C[C@H]12. The Hall–Kier alpha value is -1.52. The summed E-state index contributed by atoms with van der Waals surface area (Å²) in [6.45, 7) is -1.71. The average molecular weight is 292 g/mol. The summed E-state index contributed by atoms with van der Waals surface area (Å²) in [5.74, 6) is 1.26. The summed E-state index contributed by atoms with van der Waals surface area (Å²) in [6.07, 6.45) is 4.22. The number of likely N-dealkylation sites (tertiary alicyclic amines) is 1. The van der Waals surface area contributed by atoms with Crippen molar-refractivity contribution < 1.29 is 18.7 Å². The van der Waals surface area contributed by atoms with Crippen molar-refractivity contribution in [1.82, 2.24) is 4.90 Å². The van der Waals surface area contributed by atoms with Crippen molar-refractivity contribution >= 4 is 0 Å². The van der Waals surface area contributed by atoms with Crippen LogP contribution in [0.1, 0.15) is 22.5 Å². The molecule has 1 heterocycles. The monoisotopic (exact) mass is 292 g/mol. The lowest BCUT2D eigenvalue weighted by Gasteiger charge is -2.39. The maximum Gasteiger partial charge on any atom is 0.161 e. The third kappa shape index (κ3) is 2.23. The molecule has 1 aliphatic heterocycles. The third-order valence-electron chi connectivity index (χ3n) is 4.74. The number of benzene rings is 1. The zero-order chi connectivity index (χ0) is 17.5. The average Bonchev–Trinajstić information content (AvgIpc) is 2.94. The standard InChI is InChI=1S/C17H23NO3/c1-18-9-8-17(7-6-13(19)11-16(17)18)12-4-5-14(20-2)15(10-12)21-3/h4-7,10,13,16,19H,8-9,11H2,1-3H3/t13-,16+,17+/m1/s1/i1D3. The molecule has 3 rings (SSSR count). The van der Waals surface area contributed by atoms with E-state index in [4.69, 9.17) is 13.6 Å². The fraction of sp³-hybridized carbons (Fsp3) is 0.529. The second kappa shape index (κ2) is 5.35. The Bertz CT molecular complexity index is 646. The van der Waals surface area contributed by atoms with Crippen LogP contribution in [0.5, 0.6) is 11.5 Å². The molecule has 1 aromatic rings. The van der Waals surface area contributed by atoms with Gasteiger partial charge in [-0.05, 0) is 44.1 Å². The molecule has 114 valence electrons. The first-order chi connectivity index (χ1) is 11.3. The molecule has 1 saturated heterocycles. The quantitative estimate of drug-likeness (QED) is 0.865. The number of ether oxygens (including phenoxy) is 2. The van der Waals surface area contributed by atoms with E-state index in [1.807, 2.05) is 24.3 Å². The molecule has 21 heavy (non-hydrogen) atoms. The van der Waals surface area contributed by atoms with Gasteiger partial charge in [-0.3, -0.25) is 0 Å². The van der Waals surface area contributed by atoms with E-state index in [1.165, 1.54) is 4.90 Å². The van der Waals surface area contributed by atoms with Crippen LogP contribution in [0.2, 0.25) is 0 Å². The van der Waals surface area contributed by atoms with E-state index >= 15 is 0 Å². The summed E-state index contributed by atoms with van der Waals surface area (Å²) < 4.78 is 34.2. The smallest absolute Gasteiger partial charge is 0.161 e. The van der Waals surface area contributed by atoms with Gasteiger partial charge in [0.15, 0.2) is 11.5 Å². The number of fused-ring (bicyclic) bond motifs is 1. The Labute approximate surface area is 130 Å². The van der Waals surface area contributed by atoms with E-state index in [1.54, 1.807) is 20.3 Å². The Morgan fingerprint density at radius 3 is 2.86 bits per heavy atom. The largest absolute Gasteiger partial charge is 0.493 e. The zero-order valence-corrected chi connectivity index (χ0v) is 12.4. The molecule has 0 radical (unpaired) electrons. The number of hydrogen-bond donors (Lipinski definition) is 1. The number of nitrogens with zero attached hydrogens (tertiary/aromatic N) is 1. The van der Waals surface area contributed by atoms with Gasteiger partial charge in [-0.2, -0.15) is 0 Å². The van der Waals surface area contributed by atoms with Gasteiger partial charge in [-0.1, -0.05) is 18.2 Å². The van der Waals surface area contributed by atoms with Crippen molar-refractivity contribution in [2.75, 3.05) is 27.7 Å². The highest BCUT2D eigenvalue weighted by molar-refractivity contribution is 5.48. The minimum absolute atomic E-state index is 0.275. The van der Waals surface area contributed by atoms with Gasteiger partial charge in [0.1, 0.15) is 0 Å². The van der Waals surface area contributed by atoms with Crippen molar-refractivity contribution in [3.8, 4) is 11.5 Å². The highest BCUT2D eigenvalue weighted by Crippen LogP contribution is 2.46. The Morgan fingerprint density at radius 2 is 2.14 bits per heavy atom. The van der Waals surface area contributed by atoms with Gasteiger partial charge in [0.05, 0.1) is 20.3 Å². The van der Waals surface area contributed by atoms with Crippen LogP contribution in [-0.4, -0.2) is 49.9 Å². The lowest BCUT2D eigenvalue weighted by atomic mass is 9.69. The molecule has 0 spiro atoms. The summed E-state index contributed by atoms with van der Waals surface area (Å²) in [4.78, 5) is 1.54. The second-order valence-corrected chi connectivity index (χ2v) is 5.73. The number of methoxy groups -OCH3 is 2. The highest BCUT2D eigenvalue weighted by atomic mass is 16.5. The molecule has 3 atom stereocenters. The van der Waals surface area contributed by atoms with Gasteiger partial charge in [-0.15, -0.1) is 0 Å². The minimum Gasteiger partial charge on any atom is -0.493 e. The summed E-state index contributed by atoms with van der Waals surface area (Å²) in [5, 5.41) is 10.0. The van der Waals surface area contributed by atoms with Crippen molar-refractivity contribution in [1.29, 1.82) is 0 Å². The normalized spacial score (nSPS) is 34.7. The Balaban J connectivity index is 2.08. The van der Waals surface area contributed by atoms with Crippen LogP contribution < -0.4 is 9.47 Å². The van der Waals surface area contributed by atoms with Gasteiger partial charge >= 0.3 is 0 Å². The summed E-state index contributed by atoms with van der Waals surface area (Å²) in [6, 6.07) is 5.44. The minimum atomic E-state index is -2.17. The second-order valence-electron chi connectivity index (χ2n) is 5.73. The zero-order valence-electron chi connectivity index (χ0n) is 15.4. The topological polar surface area (TPSA) is 41.9 Å². The molecule has 0 saturated carbocycles. The third-order valence-corrected chi connectivity index (χ3v) is 4.74. The highest BCUT2D eigenvalue weighted by Gasteiger charge is 2.48. The molecule has 1 fully saturated rings. The van der Waals surface area contributed by atoms with E-state index in [0.29, 0.717) is 30.9 Å². The number of hydrogen-bond acceptors (Lipinski definition) is 4. The molecule has 4 heteroatoms. The van der Waals surface area contributed by atoms with Crippen LogP contribution in [0.4, 0.5) is 0 Å². The van der Waals surface area contributed by atoms with Crippen LogP contribution in [0, 0.1) is 0 Å². The molecule has 0 unspecified atom stereocenters. The molecule has 1 N–H and O–H groups in total. The number of aliphatic hydroxyl groups excluding tert-OH is 1. The molecule has 1 aliphatic carbocycles. The van der Waals surface area contributed by atoms with Crippen molar-refractivity contribution in [2.45, 2.75) is 30.4 Å². The first-order valence-corrected chi connectivity index (χ1v) is 7.18. The Morgan fingerprint density at radius 1 is 1.33 bits per heavy atom. The lowest BCUT2D eigenvalue weighted by Crippen LogP contribution is -2.44. The van der Waals surface area contributed by atoms with Crippen LogP contribution in [0.3, 0.4) is 0 Å². The van der Waals surface area contributed by atoms with E-state index < -0.39 is 18.5 Å². The fourth-order valence-electron chi connectivity index (χ4n) is 3.59. The van der Waals surface area contributed by atoms with Gasteiger partial charge in [-0.25, -0.2) is 0 Å². The van der Waals surface area contributed by atoms with Crippen molar-refractivity contribution in [3.63, 3.8) is 0 Å². The van der Waals surface area contributed by atoms with Gasteiger partial charge < -0.3 is 19.5 Å². The van der Waals surface area contributed by atoms with E-state index in [-0.39, 0.29) is 6.04 Å². The van der Waals surface area contributed by atoms with Crippen molar-refractivity contribution in [3.05, 3.63) is 35.9 Å². The molecule has 0 aromatic heterocycles. The predicted molar refractivity (Wildman–Crippen MR) is 82.0 cm³/mol. The number of rotatable bonds is 3. The molecular weight excluding hydrogens is 266 g/mol. The molecule has 2 aliphatic rings. The van der Waals surface area contributed by atoms with Gasteiger partial charge in [0, 0.05) is 15.6 Å². The first kappa shape index (κ1) is 11.1. The molecule has 0 amide bonds. The number of aliphatic hydroxyl groups is 1. The van der Waals surface area contributed by atoms with Gasteiger partial charge in [0.25, 0.3) is 0 Å². The molecular formula is C17H23NO3. The molecule has 4 nitrogen and oxygen atoms in total. The van der Waals surface area contributed by atoms with Crippen molar-refractivity contribution in [2.24, 2.45) is 0 Å². The predicted octanol–water partition coefficient (Wildman–Crippen LogP) is 1.97. The fourth-order valence-corrected chi connectivity index (χ4v) is 3.59. The van der Waals surface area contributed by atoms with Crippen LogP contribution >= 0.6 is 0 Å². The summed E-state index contributed by atoms with van der Waals surface area (Å²) >= 11 is 0. The first-order valence-electron chi connectivity index (χ1n) is 8.68. The van der Waals surface area contributed by atoms with Crippen LogP contribution in [0.25, 0.3) is 0 Å².